The van der Waals surface area contributed by atoms with Crippen molar-refractivity contribution in [1.82, 2.24) is 0 Å². The first-order chi connectivity index (χ1) is 8.25. The van der Waals surface area contributed by atoms with E-state index in [9.17, 15) is 0 Å². The summed E-state index contributed by atoms with van der Waals surface area (Å²) in [4.78, 5) is 0. The van der Waals surface area contributed by atoms with Gasteiger partial charge in [-0.05, 0) is 0 Å². The molecule has 0 N–H and O–H groups in total. The summed E-state index contributed by atoms with van der Waals surface area (Å²) in [6.07, 6.45) is 10.6. The first-order valence-corrected chi connectivity index (χ1v) is 10.5. The summed E-state index contributed by atoms with van der Waals surface area (Å²) in [6, 6.07) is 8.77. The molecule has 0 amide bonds. The summed E-state index contributed by atoms with van der Waals surface area (Å²) in [5, 5.41) is 0. The van der Waals surface area contributed by atoms with E-state index in [0.29, 0.717) is 3.63 Å². The Balaban J connectivity index is 1.91. The van der Waals surface area contributed by atoms with Crippen LogP contribution >= 0.6 is 0 Å². The Morgan fingerprint density at radius 2 is 2.12 bits per heavy atom. The van der Waals surface area contributed by atoms with Crippen LogP contribution in [0, 0.1) is 0 Å². The second kappa shape index (κ2) is 4.46. The van der Waals surface area contributed by atoms with Crippen molar-refractivity contribution in [3.63, 3.8) is 0 Å². The maximum atomic E-state index is 4.58. The maximum absolute atomic E-state index is 4.58. The van der Waals surface area contributed by atoms with E-state index < -0.39 is 21.3 Å². The van der Waals surface area contributed by atoms with Crippen molar-refractivity contribution in [3.8, 4) is 0 Å². The molecule has 0 nitrogen and oxygen atoms in total. The molecular weight excluding hydrogens is 283 g/mol. The van der Waals surface area contributed by atoms with Gasteiger partial charge in [-0.2, -0.15) is 0 Å². The van der Waals surface area contributed by atoms with Gasteiger partial charge in [0, 0.05) is 0 Å². The van der Waals surface area contributed by atoms with Crippen LogP contribution in [0.1, 0.15) is 28.1 Å². The molecule has 0 fully saturated rings. The molecule has 0 bridgehead atoms. The average molecular weight is 300 g/mol. The van der Waals surface area contributed by atoms with Crippen molar-refractivity contribution in [3.05, 3.63) is 62.5 Å². The minimum atomic E-state index is -1.72. The third-order valence-electron chi connectivity index (χ3n) is 3.63. The van der Waals surface area contributed by atoms with Gasteiger partial charge >= 0.3 is 111 Å². The van der Waals surface area contributed by atoms with Gasteiger partial charge in [-0.25, -0.2) is 0 Å². The predicted molar refractivity (Wildman–Crippen MR) is 71.8 cm³/mol. The molecular formula is C16H16Zr. The van der Waals surface area contributed by atoms with Gasteiger partial charge in [0.25, 0.3) is 0 Å². The number of hydrogen-bond acceptors (Lipinski definition) is 0. The minimum absolute atomic E-state index is 0.652. The zero-order chi connectivity index (χ0) is 11.8. The summed E-state index contributed by atoms with van der Waals surface area (Å²) in [5.74, 6) is 0. The second-order valence-corrected chi connectivity index (χ2v) is 10.5. The van der Waals surface area contributed by atoms with Crippen molar-refractivity contribution < 1.29 is 21.3 Å². The average Bonchev–Trinajstić information content (AvgIpc) is 2.94. The molecule has 2 aliphatic carbocycles. The molecule has 3 rings (SSSR count). The molecule has 0 heterocycles. The van der Waals surface area contributed by atoms with Crippen molar-refractivity contribution >= 4 is 10.3 Å². The quantitative estimate of drug-likeness (QED) is 0.773. The van der Waals surface area contributed by atoms with E-state index in [1.54, 1.807) is 3.28 Å². The van der Waals surface area contributed by atoms with Crippen LogP contribution in [0.5, 0.6) is 0 Å². The van der Waals surface area contributed by atoms with Crippen molar-refractivity contribution in [2.75, 3.05) is 0 Å². The SMILES string of the molecule is [CH2]=[Zr]([C]1=CC(C)=CC1)[CH]1C=Cc2ccccc21. The van der Waals surface area contributed by atoms with E-state index in [1.165, 1.54) is 16.7 Å². The topological polar surface area (TPSA) is 0 Å². The monoisotopic (exact) mass is 298 g/mol. The molecule has 0 radical (unpaired) electrons. The Hall–Kier alpha value is -0.807. The summed E-state index contributed by atoms with van der Waals surface area (Å²) >= 11 is -1.72. The molecule has 1 aromatic carbocycles. The molecule has 17 heavy (non-hydrogen) atoms. The van der Waals surface area contributed by atoms with E-state index in [0.717, 1.165) is 6.42 Å². The van der Waals surface area contributed by atoms with Crippen molar-refractivity contribution in [2.45, 2.75) is 17.0 Å². The molecule has 1 atom stereocenters. The fourth-order valence-corrected chi connectivity index (χ4v) is 7.91. The van der Waals surface area contributed by atoms with Crippen LogP contribution in [0.3, 0.4) is 0 Å². The molecule has 0 aromatic heterocycles. The first-order valence-electron chi connectivity index (χ1n) is 6.09. The summed E-state index contributed by atoms with van der Waals surface area (Å²) < 4.78 is 6.89. The second-order valence-electron chi connectivity index (χ2n) is 4.81. The number of allylic oxidation sites excluding steroid dienone is 5. The van der Waals surface area contributed by atoms with E-state index in [1.807, 2.05) is 0 Å². The van der Waals surface area contributed by atoms with Gasteiger partial charge in [0.15, 0.2) is 0 Å². The molecule has 0 spiro atoms. The van der Waals surface area contributed by atoms with Crippen LogP contribution < -0.4 is 0 Å². The Kier molecular flexibility index (Phi) is 2.96. The first kappa shape index (κ1) is 11.3. The third kappa shape index (κ3) is 2.02. The zero-order valence-corrected chi connectivity index (χ0v) is 12.6. The van der Waals surface area contributed by atoms with E-state index in [4.69, 9.17) is 0 Å². The van der Waals surface area contributed by atoms with Crippen LogP contribution in [-0.2, 0) is 21.3 Å². The fraction of sp³-hybridized carbons (Fsp3) is 0.188. The third-order valence-corrected chi connectivity index (χ3v) is 9.60. The number of hydrogen-bond donors (Lipinski definition) is 0. The van der Waals surface area contributed by atoms with Gasteiger partial charge in [0.1, 0.15) is 0 Å². The van der Waals surface area contributed by atoms with Crippen molar-refractivity contribution in [2.24, 2.45) is 0 Å². The van der Waals surface area contributed by atoms with Gasteiger partial charge in [-0.3, -0.25) is 0 Å². The standard InChI is InChI=1S/C9H7.C6H7.CH2.Zr/c1-2-5-9-7-3-6-8(9)4-1;1-6-4-2-3-5-6;;/h1-7H;4-5H,2H2,1H3;1H2;. The normalized spacial score (nSPS) is 21.1. The number of benzene rings is 1. The number of rotatable bonds is 2. The summed E-state index contributed by atoms with van der Waals surface area (Å²) in [7, 11) is 0. The molecule has 1 aromatic rings. The summed E-state index contributed by atoms with van der Waals surface area (Å²) in [5.41, 5.74) is 4.35. The number of fused-ring (bicyclic) bond motifs is 1. The molecule has 2 aliphatic rings. The Bertz CT molecular complexity index is 573. The Labute approximate surface area is 111 Å². The molecule has 0 saturated heterocycles. The van der Waals surface area contributed by atoms with Gasteiger partial charge < -0.3 is 0 Å². The zero-order valence-electron chi connectivity index (χ0n) is 10.1. The van der Waals surface area contributed by atoms with Gasteiger partial charge in [0.05, 0.1) is 0 Å². The fourth-order valence-electron chi connectivity index (χ4n) is 2.64. The van der Waals surface area contributed by atoms with Crippen LogP contribution in [0.4, 0.5) is 0 Å². The molecule has 1 unspecified atom stereocenters. The van der Waals surface area contributed by atoms with Gasteiger partial charge in [-0.15, -0.1) is 0 Å². The van der Waals surface area contributed by atoms with Crippen LogP contribution in [-0.4, -0.2) is 4.21 Å². The Morgan fingerprint density at radius 1 is 1.29 bits per heavy atom. The van der Waals surface area contributed by atoms with Crippen LogP contribution in [0.2, 0.25) is 0 Å². The van der Waals surface area contributed by atoms with E-state index in [2.05, 4.69) is 59.7 Å². The van der Waals surface area contributed by atoms with Gasteiger partial charge in [0.2, 0.25) is 0 Å². The predicted octanol–water partition coefficient (Wildman–Crippen LogP) is 4.04. The van der Waals surface area contributed by atoms with E-state index in [-0.39, 0.29) is 0 Å². The van der Waals surface area contributed by atoms with Crippen molar-refractivity contribution in [1.29, 1.82) is 0 Å². The van der Waals surface area contributed by atoms with Crippen LogP contribution in [0.15, 0.2) is 51.3 Å². The van der Waals surface area contributed by atoms with Crippen LogP contribution in [0.25, 0.3) is 6.08 Å². The van der Waals surface area contributed by atoms with Gasteiger partial charge in [-0.1, -0.05) is 0 Å². The summed E-state index contributed by atoms with van der Waals surface area (Å²) in [6.45, 7) is 2.20. The molecule has 0 aliphatic heterocycles. The Morgan fingerprint density at radius 3 is 2.88 bits per heavy atom. The molecule has 84 valence electrons. The molecule has 0 saturated carbocycles. The van der Waals surface area contributed by atoms with E-state index >= 15 is 0 Å². The molecule has 1 heteroatoms.